The fourth-order valence-corrected chi connectivity index (χ4v) is 3.42. The number of aryl methyl sites for hydroxylation is 4. The van der Waals surface area contributed by atoms with E-state index in [0.717, 1.165) is 11.1 Å². The molecular weight excluding hydrogens is 424 g/mol. The second-order valence-electron chi connectivity index (χ2n) is 7.78. The number of nitrogens with zero attached hydrogens (tertiary/aromatic N) is 4. The van der Waals surface area contributed by atoms with Crippen LogP contribution in [0.5, 0.6) is 0 Å². The highest BCUT2D eigenvalue weighted by molar-refractivity contribution is 5.88. The molecule has 0 unspecified atom stereocenters. The first-order valence-electron chi connectivity index (χ1n) is 10.1. The van der Waals surface area contributed by atoms with Gasteiger partial charge in [0.05, 0.1) is 28.3 Å². The minimum absolute atomic E-state index is 0.0217. The molecule has 2 aromatic heterocycles. The molecule has 33 heavy (non-hydrogen) atoms. The molecule has 4 aromatic rings. The fraction of sp³-hybridized carbons (Fsp3) is 0.174. The molecule has 10 heteroatoms. The molecule has 0 atom stereocenters. The highest BCUT2D eigenvalue weighted by atomic mass is 16.4. The van der Waals surface area contributed by atoms with Crippen molar-refractivity contribution in [3.63, 3.8) is 0 Å². The number of aromatic amines is 2. The predicted molar refractivity (Wildman–Crippen MR) is 123 cm³/mol. The molecule has 0 aliphatic carbocycles. The smallest absolute Gasteiger partial charge is 0.335 e. The molecule has 0 bridgehead atoms. The van der Waals surface area contributed by atoms with Gasteiger partial charge in [-0.1, -0.05) is 12.1 Å². The van der Waals surface area contributed by atoms with Gasteiger partial charge in [-0.15, -0.1) is 10.2 Å². The van der Waals surface area contributed by atoms with Gasteiger partial charge in [-0.05, 0) is 69.2 Å². The van der Waals surface area contributed by atoms with Crippen LogP contribution in [-0.2, 0) is 0 Å². The number of carboxylic acid groups (broad SMARTS) is 1. The van der Waals surface area contributed by atoms with E-state index >= 15 is 0 Å². The summed E-state index contributed by atoms with van der Waals surface area (Å²) in [7, 11) is 0. The molecular formula is C23H22N6O4. The van der Waals surface area contributed by atoms with Gasteiger partial charge in [0.2, 0.25) is 0 Å². The summed E-state index contributed by atoms with van der Waals surface area (Å²) in [5.74, 6) is -1.10. The third-order valence-electron chi connectivity index (χ3n) is 5.43. The first-order chi connectivity index (χ1) is 15.7. The molecule has 0 fully saturated rings. The van der Waals surface area contributed by atoms with Crippen LogP contribution >= 0.6 is 0 Å². The number of aromatic nitrogens is 4. The number of carboxylic acids is 1. The molecule has 0 saturated heterocycles. The number of azo groups is 1. The van der Waals surface area contributed by atoms with E-state index in [1.54, 1.807) is 26.0 Å². The molecule has 4 rings (SSSR count). The number of rotatable bonds is 5. The summed E-state index contributed by atoms with van der Waals surface area (Å²) >= 11 is 0. The molecule has 0 spiro atoms. The van der Waals surface area contributed by atoms with Gasteiger partial charge in [0, 0.05) is 0 Å². The molecule has 2 heterocycles. The number of nitrogens with one attached hydrogen (secondary N) is 2. The third kappa shape index (κ3) is 3.93. The lowest BCUT2D eigenvalue weighted by Crippen LogP contribution is -2.15. The molecule has 0 radical (unpaired) electrons. The van der Waals surface area contributed by atoms with Crippen molar-refractivity contribution in [3.05, 3.63) is 91.3 Å². The molecule has 0 saturated carbocycles. The van der Waals surface area contributed by atoms with Crippen molar-refractivity contribution in [1.29, 1.82) is 0 Å². The van der Waals surface area contributed by atoms with Gasteiger partial charge < -0.3 is 5.11 Å². The van der Waals surface area contributed by atoms with E-state index in [1.807, 2.05) is 32.0 Å². The summed E-state index contributed by atoms with van der Waals surface area (Å²) in [4.78, 5) is 37.1. The molecule has 3 N–H and O–H groups in total. The molecule has 0 aliphatic heterocycles. The van der Waals surface area contributed by atoms with Crippen LogP contribution in [0.2, 0.25) is 0 Å². The number of hydrogen-bond donors (Lipinski definition) is 3. The van der Waals surface area contributed by atoms with Crippen LogP contribution in [-0.4, -0.2) is 30.6 Å². The first kappa shape index (κ1) is 21.8. The van der Waals surface area contributed by atoms with Crippen LogP contribution in [0.15, 0.2) is 62.3 Å². The Balaban J connectivity index is 1.72. The van der Waals surface area contributed by atoms with Crippen molar-refractivity contribution in [1.82, 2.24) is 19.6 Å². The Morgan fingerprint density at radius 1 is 0.788 bits per heavy atom. The zero-order chi connectivity index (χ0) is 23.9. The van der Waals surface area contributed by atoms with Crippen molar-refractivity contribution in [3.8, 4) is 11.4 Å². The van der Waals surface area contributed by atoms with Gasteiger partial charge in [0.15, 0.2) is 11.4 Å². The van der Waals surface area contributed by atoms with Gasteiger partial charge in [-0.2, -0.15) is 0 Å². The monoisotopic (exact) mass is 446 g/mol. The number of aromatic carboxylic acids is 1. The minimum atomic E-state index is -1.10. The maximum Gasteiger partial charge on any atom is 0.335 e. The third-order valence-corrected chi connectivity index (χ3v) is 5.43. The number of H-pyrrole nitrogens is 2. The minimum Gasteiger partial charge on any atom is -0.478 e. The van der Waals surface area contributed by atoms with Crippen molar-refractivity contribution in [2.24, 2.45) is 10.2 Å². The Morgan fingerprint density at radius 2 is 1.33 bits per heavy atom. The summed E-state index contributed by atoms with van der Waals surface area (Å²) < 4.78 is 2.57. The molecule has 0 aliphatic rings. The van der Waals surface area contributed by atoms with Gasteiger partial charge in [0.1, 0.15) is 0 Å². The van der Waals surface area contributed by atoms with E-state index in [4.69, 9.17) is 0 Å². The van der Waals surface area contributed by atoms with Gasteiger partial charge in [-0.3, -0.25) is 19.8 Å². The topological polar surface area (TPSA) is 138 Å². The van der Waals surface area contributed by atoms with Crippen molar-refractivity contribution in [2.45, 2.75) is 27.7 Å². The molecule has 10 nitrogen and oxygen atoms in total. The predicted octanol–water partition coefficient (Wildman–Crippen LogP) is 3.99. The van der Waals surface area contributed by atoms with Crippen LogP contribution < -0.4 is 11.1 Å². The number of hydrogen-bond acceptors (Lipinski definition) is 5. The van der Waals surface area contributed by atoms with Gasteiger partial charge in [0.25, 0.3) is 11.1 Å². The van der Waals surface area contributed by atoms with Crippen LogP contribution in [0.25, 0.3) is 11.4 Å². The summed E-state index contributed by atoms with van der Waals surface area (Å²) in [5, 5.41) is 23.2. The SMILES string of the molecule is Cc1ccc(-n2[nH]c(C)c(N=Nc3c(C)[nH]n(-c4cccc(C(=O)O)c4)c3=O)c2=O)cc1C. The van der Waals surface area contributed by atoms with E-state index in [1.165, 1.54) is 21.5 Å². The Morgan fingerprint density at radius 3 is 1.85 bits per heavy atom. The summed E-state index contributed by atoms with van der Waals surface area (Å²) in [6.45, 7) is 7.30. The normalized spacial score (nSPS) is 11.4. The second-order valence-corrected chi connectivity index (χ2v) is 7.78. The maximum absolute atomic E-state index is 12.9. The average Bonchev–Trinajstić information content (AvgIpc) is 3.23. The van der Waals surface area contributed by atoms with Crippen LogP contribution in [0.1, 0.15) is 32.9 Å². The molecule has 168 valence electrons. The Bertz CT molecular complexity index is 1530. The molecule has 0 amide bonds. The lowest BCUT2D eigenvalue weighted by atomic mass is 10.1. The zero-order valence-corrected chi connectivity index (χ0v) is 18.5. The van der Waals surface area contributed by atoms with Crippen LogP contribution in [0.4, 0.5) is 11.4 Å². The standard InChI is InChI=1S/C23H22N6O4/c1-12-8-9-18(10-13(12)2)29-22(31)20(15(4)27-29)25-24-19-14(3)26-28(21(19)30)17-7-5-6-16(11-17)23(32)33/h5-11,26-27H,1-4H3,(H,32,33). The fourth-order valence-electron chi connectivity index (χ4n) is 3.42. The first-order valence-corrected chi connectivity index (χ1v) is 10.1. The van der Waals surface area contributed by atoms with Crippen LogP contribution in [0, 0.1) is 27.7 Å². The van der Waals surface area contributed by atoms with E-state index in [0.29, 0.717) is 22.8 Å². The van der Waals surface area contributed by atoms with Gasteiger partial charge in [-0.25, -0.2) is 14.2 Å². The number of benzene rings is 2. The van der Waals surface area contributed by atoms with E-state index in [-0.39, 0.29) is 22.5 Å². The Labute approximate surface area is 187 Å². The summed E-state index contributed by atoms with van der Waals surface area (Å²) in [5.41, 5.74) is 3.37. The maximum atomic E-state index is 12.9. The van der Waals surface area contributed by atoms with Gasteiger partial charge >= 0.3 is 5.97 Å². The Hall–Kier alpha value is -4.47. The summed E-state index contributed by atoms with van der Waals surface area (Å²) in [6.07, 6.45) is 0. The zero-order valence-electron chi connectivity index (χ0n) is 18.5. The van der Waals surface area contributed by atoms with E-state index in [2.05, 4.69) is 20.4 Å². The Kier molecular flexibility index (Phi) is 5.42. The quantitative estimate of drug-likeness (QED) is 0.399. The highest BCUT2D eigenvalue weighted by Gasteiger charge is 2.16. The van der Waals surface area contributed by atoms with Crippen LogP contribution in [0.3, 0.4) is 0 Å². The second kappa shape index (κ2) is 8.23. The lowest BCUT2D eigenvalue weighted by Gasteiger charge is -2.05. The van der Waals surface area contributed by atoms with E-state index < -0.39 is 11.5 Å². The lowest BCUT2D eigenvalue weighted by molar-refractivity contribution is 0.0697. The van der Waals surface area contributed by atoms with Crippen molar-refractivity contribution < 1.29 is 9.90 Å². The summed E-state index contributed by atoms with van der Waals surface area (Å²) in [6, 6.07) is 11.6. The molecule has 2 aromatic carbocycles. The van der Waals surface area contributed by atoms with Crippen molar-refractivity contribution in [2.75, 3.05) is 0 Å². The largest absolute Gasteiger partial charge is 0.478 e. The van der Waals surface area contributed by atoms with Crippen molar-refractivity contribution >= 4 is 17.3 Å². The highest BCUT2D eigenvalue weighted by Crippen LogP contribution is 2.20. The average molecular weight is 446 g/mol. The van der Waals surface area contributed by atoms with E-state index in [9.17, 15) is 19.5 Å². The number of carbonyl (C=O) groups is 1.